The molecule has 0 radical (unpaired) electrons. The van der Waals surface area contributed by atoms with Gasteiger partial charge in [0.05, 0.1) is 19.0 Å². The van der Waals surface area contributed by atoms with Gasteiger partial charge >= 0.3 is 0 Å². The van der Waals surface area contributed by atoms with Gasteiger partial charge in [-0.2, -0.15) is 0 Å². The van der Waals surface area contributed by atoms with Crippen molar-refractivity contribution in [3.8, 4) is 11.5 Å². The third-order valence-electron chi connectivity index (χ3n) is 2.37. The molecule has 2 aromatic rings. The number of ether oxygens (including phenoxy) is 2. The predicted octanol–water partition coefficient (Wildman–Crippen LogP) is 2.75. The molecule has 1 aromatic carbocycles. The molecule has 0 atom stereocenters. The van der Waals surface area contributed by atoms with E-state index in [9.17, 15) is 0 Å². The van der Waals surface area contributed by atoms with Crippen LogP contribution in [-0.2, 0) is 6.54 Å². The Kier molecular flexibility index (Phi) is 4.23. The molecule has 0 N–H and O–H groups in total. The van der Waals surface area contributed by atoms with Gasteiger partial charge in [-0.05, 0) is 38.1 Å². The minimum absolute atomic E-state index is 0.193. The van der Waals surface area contributed by atoms with Gasteiger partial charge in [0.2, 0.25) is 0 Å². The lowest BCUT2D eigenvalue weighted by Crippen LogP contribution is -2.07. The number of nitrogens with zero attached hydrogens (tertiary/aromatic N) is 2. The molecule has 0 saturated heterocycles. The van der Waals surface area contributed by atoms with Crippen LogP contribution >= 0.6 is 0 Å². The summed E-state index contributed by atoms with van der Waals surface area (Å²) in [5.74, 6) is 1.72. The van der Waals surface area contributed by atoms with E-state index in [0.29, 0.717) is 6.61 Å². The molecule has 0 bridgehead atoms. The van der Waals surface area contributed by atoms with E-state index >= 15 is 0 Å². The molecule has 96 valence electrons. The third kappa shape index (κ3) is 3.80. The molecule has 2 rings (SSSR count). The molecule has 4 nitrogen and oxygen atoms in total. The Balaban J connectivity index is 1.79. The van der Waals surface area contributed by atoms with Crippen molar-refractivity contribution < 1.29 is 9.47 Å². The maximum atomic E-state index is 5.64. The molecular weight excluding hydrogens is 228 g/mol. The van der Waals surface area contributed by atoms with Gasteiger partial charge in [0.1, 0.15) is 18.1 Å². The Bertz CT molecular complexity index is 449. The van der Waals surface area contributed by atoms with E-state index in [0.717, 1.165) is 18.0 Å². The summed E-state index contributed by atoms with van der Waals surface area (Å²) >= 11 is 0. The SMILES string of the molecule is CC(C)Oc1ccc(OCCn2ccnc2)cc1. The molecular formula is C14H18N2O2. The highest BCUT2D eigenvalue weighted by Gasteiger charge is 1.99. The Morgan fingerprint density at radius 3 is 2.50 bits per heavy atom. The normalized spacial score (nSPS) is 10.6. The zero-order chi connectivity index (χ0) is 12.8. The second-order valence-electron chi connectivity index (χ2n) is 4.29. The quantitative estimate of drug-likeness (QED) is 0.786. The van der Waals surface area contributed by atoms with Crippen LogP contribution in [0.3, 0.4) is 0 Å². The average molecular weight is 246 g/mol. The average Bonchev–Trinajstić information content (AvgIpc) is 2.84. The van der Waals surface area contributed by atoms with Crippen molar-refractivity contribution in [1.82, 2.24) is 9.55 Å². The van der Waals surface area contributed by atoms with Crippen LogP contribution in [0.15, 0.2) is 43.0 Å². The standard InChI is InChI=1S/C14H18N2O2/c1-12(2)18-14-5-3-13(4-6-14)17-10-9-16-8-7-15-11-16/h3-8,11-12H,9-10H2,1-2H3. The number of benzene rings is 1. The van der Waals surface area contributed by atoms with Crippen molar-refractivity contribution in [3.05, 3.63) is 43.0 Å². The van der Waals surface area contributed by atoms with Gasteiger partial charge in [-0.1, -0.05) is 0 Å². The number of rotatable bonds is 6. The summed E-state index contributed by atoms with van der Waals surface area (Å²) in [6.45, 7) is 5.44. The number of imidazole rings is 1. The van der Waals surface area contributed by atoms with E-state index in [1.807, 2.05) is 48.9 Å². The van der Waals surface area contributed by atoms with Crippen molar-refractivity contribution in [1.29, 1.82) is 0 Å². The van der Waals surface area contributed by atoms with Crippen LogP contribution in [0.1, 0.15) is 13.8 Å². The molecule has 0 amide bonds. The maximum absolute atomic E-state index is 5.64. The molecule has 0 spiro atoms. The monoisotopic (exact) mass is 246 g/mol. The van der Waals surface area contributed by atoms with Gasteiger partial charge in [-0.15, -0.1) is 0 Å². The highest BCUT2D eigenvalue weighted by atomic mass is 16.5. The van der Waals surface area contributed by atoms with Gasteiger partial charge in [-0.3, -0.25) is 0 Å². The molecule has 0 aliphatic carbocycles. The van der Waals surface area contributed by atoms with Crippen LogP contribution in [0.2, 0.25) is 0 Å². The number of aromatic nitrogens is 2. The van der Waals surface area contributed by atoms with Crippen LogP contribution in [0.25, 0.3) is 0 Å². The third-order valence-corrected chi connectivity index (χ3v) is 2.37. The van der Waals surface area contributed by atoms with E-state index in [4.69, 9.17) is 9.47 Å². The first kappa shape index (κ1) is 12.5. The fourth-order valence-electron chi connectivity index (χ4n) is 1.57. The van der Waals surface area contributed by atoms with Gasteiger partial charge in [0, 0.05) is 12.4 Å². The minimum atomic E-state index is 0.193. The lowest BCUT2D eigenvalue weighted by atomic mass is 10.3. The molecule has 0 saturated carbocycles. The lowest BCUT2D eigenvalue weighted by molar-refractivity contribution is 0.241. The predicted molar refractivity (Wildman–Crippen MR) is 69.9 cm³/mol. The van der Waals surface area contributed by atoms with Crippen molar-refractivity contribution in [2.75, 3.05) is 6.61 Å². The lowest BCUT2D eigenvalue weighted by Gasteiger charge is -2.11. The summed E-state index contributed by atoms with van der Waals surface area (Å²) in [6.07, 6.45) is 5.65. The molecule has 0 unspecified atom stereocenters. The highest BCUT2D eigenvalue weighted by molar-refractivity contribution is 5.31. The second kappa shape index (κ2) is 6.10. The fraction of sp³-hybridized carbons (Fsp3) is 0.357. The van der Waals surface area contributed by atoms with Crippen LogP contribution in [-0.4, -0.2) is 22.3 Å². The zero-order valence-corrected chi connectivity index (χ0v) is 10.7. The van der Waals surface area contributed by atoms with Crippen LogP contribution in [0.4, 0.5) is 0 Å². The first-order chi connectivity index (χ1) is 8.74. The largest absolute Gasteiger partial charge is 0.492 e. The topological polar surface area (TPSA) is 36.3 Å². The van der Waals surface area contributed by atoms with E-state index in [-0.39, 0.29) is 6.10 Å². The zero-order valence-electron chi connectivity index (χ0n) is 10.7. The van der Waals surface area contributed by atoms with Gasteiger partial charge in [0.25, 0.3) is 0 Å². The van der Waals surface area contributed by atoms with Crippen molar-refractivity contribution in [2.24, 2.45) is 0 Å². The molecule has 4 heteroatoms. The maximum Gasteiger partial charge on any atom is 0.119 e. The molecule has 18 heavy (non-hydrogen) atoms. The molecule has 0 aliphatic heterocycles. The summed E-state index contributed by atoms with van der Waals surface area (Å²) in [5.41, 5.74) is 0. The summed E-state index contributed by atoms with van der Waals surface area (Å²) in [4.78, 5) is 3.98. The molecule has 1 aromatic heterocycles. The second-order valence-corrected chi connectivity index (χ2v) is 4.29. The smallest absolute Gasteiger partial charge is 0.119 e. The Hall–Kier alpha value is -1.97. The Morgan fingerprint density at radius 1 is 1.17 bits per heavy atom. The van der Waals surface area contributed by atoms with E-state index < -0.39 is 0 Å². The molecule has 0 aliphatic rings. The Morgan fingerprint density at radius 2 is 1.89 bits per heavy atom. The summed E-state index contributed by atoms with van der Waals surface area (Å²) in [7, 11) is 0. The van der Waals surface area contributed by atoms with Gasteiger partial charge in [-0.25, -0.2) is 4.98 Å². The first-order valence-corrected chi connectivity index (χ1v) is 6.09. The number of hydrogen-bond acceptors (Lipinski definition) is 3. The molecule has 1 heterocycles. The highest BCUT2D eigenvalue weighted by Crippen LogP contribution is 2.18. The van der Waals surface area contributed by atoms with Crippen molar-refractivity contribution in [3.63, 3.8) is 0 Å². The number of hydrogen-bond donors (Lipinski definition) is 0. The van der Waals surface area contributed by atoms with Gasteiger partial charge < -0.3 is 14.0 Å². The van der Waals surface area contributed by atoms with E-state index in [1.54, 1.807) is 12.5 Å². The van der Waals surface area contributed by atoms with Crippen LogP contribution in [0.5, 0.6) is 11.5 Å². The molecule has 0 fully saturated rings. The van der Waals surface area contributed by atoms with E-state index in [2.05, 4.69) is 4.98 Å². The van der Waals surface area contributed by atoms with Crippen molar-refractivity contribution >= 4 is 0 Å². The minimum Gasteiger partial charge on any atom is -0.492 e. The van der Waals surface area contributed by atoms with Crippen LogP contribution < -0.4 is 9.47 Å². The fourth-order valence-corrected chi connectivity index (χ4v) is 1.57. The van der Waals surface area contributed by atoms with E-state index in [1.165, 1.54) is 0 Å². The van der Waals surface area contributed by atoms with Gasteiger partial charge in [0.15, 0.2) is 0 Å². The van der Waals surface area contributed by atoms with Crippen molar-refractivity contribution in [2.45, 2.75) is 26.5 Å². The van der Waals surface area contributed by atoms with Crippen LogP contribution in [0, 0.1) is 0 Å². The Labute approximate surface area is 107 Å². The summed E-state index contributed by atoms with van der Waals surface area (Å²) in [6, 6.07) is 7.69. The summed E-state index contributed by atoms with van der Waals surface area (Å²) < 4.78 is 13.2. The summed E-state index contributed by atoms with van der Waals surface area (Å²) in [5, 5.41) is 0. The first-order valence-electron chi connectivity index (χ1n) is 6.09.